The molecule has 0 aliphatic heterocycles. The van der Waals surface area contributed by atoms with Crippen molar-refractivity contribution >= 4 is 40.0 Å². The second-order valence-electron chi connectivity index (χ2n) is 9.58. The zero-order chi connectivity index (χ0) is 27.4. The molecule has 4 rings (SSSR count). The Kier molecular flexibility index (Phi) is 8.94. The van der Waals surface area contributed by atoms with Crippen LogP contribution in [0.15, 0.2) is 36.0 Å². The minimum Gasteiger partial charge on any atom is -0.482 e. The minimum atomic E-state index is -0.409. The van der Waals surface area contributed by atoms with Gasteiger partial charge >= 0.3 is 5.97 Å². The van der Waals surface area contributed by atoms with Crippen molar-refractivity contribution < 1.29 is 19.1 Å². The monoisotopic (exact) mass is 554 g/mol. The van der Waals surface area contributed by atoms with Crippen molar-refractivity contribution in [2.24, 2.45) is 5.92 Å². The summed E-state index contributed by atoms with van der Waals surface area (Å²) in [5.41, 5.74) is 3.74. The van der Waals surface area contributed by atoms with Gasteiger partial charge in [0.1, 0.15) is 10.8 Å². The molecule has 1 N–H and O–H groups in total. The summed E-state index contributed by atoms with van der Waals surface area (Å²) >= 11 is 2.76. The van der Waals surface area contributed by atoms with Crippen molar-refractivity contribution in [1.29, 1.82) is 0 Å². The third-order valence-corrected chi connectivity index (χ3v) is 8.90. The fraction of sp³-hybridized carbons (Fsp3) is 0.429. The molecular formula is C28H34N4O4S2. The molecule has 1 aliphatic rings. The highest BCUT2D eigenvalue weighted by atomic mass is 32.2. The van der Waals surface area contributed by atoms with E-state index in [2.05, 4.69) is 29.0 Å². The molecule has 3 aromatic rings. The maximum atomic E-state index is 13.0. The predicted octanol–water partition coefficient (Wildman–Crippen LogP) is 5.92. The van der Waals surface area contributed by atoms with E-state index < -0.39 is 5.97 Å². The maximum Gasteiger partial charge on any atom is 0.341 e. The van der Waals surface area contributed by atoms with Crippen LogP contribution in [0.4, 0.5) is 5.00 Å². The molecule has 0 spiro atoms. The van der Waals surface area contributed by atoms with Gasteiger partial charge in [-0.3, -0.25) is 9.36 Å². The van der Waals surface area contributed by atoms with Gasteiger partial charge in [-0.1, -0.05) is 36.9 Å². The summed E-state index contributed by atoms with van der Waals surface area (Å²) in [5.74, 6) is 1.49. The van der Waals surface area contributed by atoms with E-state index in [-0.39, 0.29) is 17.8 Å². The van der Waals surface area contributed by atoms with E-state index in [1.54, 1.807) is 6.08 Å². The first kappa shape index (κ1) is 27.9. The molecule has 2 unspecified atom stereocenters. The molecule has 10 heteroatoms. The van der Waals surface area contributed by atoms with Gasteiger partial charge in [-0.15, -0.1) is 28.1 Å². The van der Waals surface area contributed by atoms with E-state index in [1.165, 1.54) is 30.2 Å². The number of esters is 1. The highest BCUT2D eigenvalue weighted by Crippen LogP contribution is 2.40. The van der Waals surface area contributed by atoms with Crippen LogP contribution >= 0.6 is 23.1 Å². The first-order chi connectivity index (χ1) is 18.2. The molecule has 2 aromatic heterocycles. The number of nitrogens with zero attached hydrogens (tertiary/aromatic N) is 3. The Morgan fingerprint density at radius 1 is 1.34 bits per heavy atom. The van der Waals surface area contributed by atoms with Gasteiger partial charge in [0.2, 0.25) is 5.91 Å². The smallest absolute Gasteiger partial charge is 0.341 e. The number of carbonyl (C=O) groups excluding carboxylic acids is 2. The highest BCUT2D eigenvalue weighted by Gasteiger charge is 2.29. The number of thioether (sulfide) groups is 1. The molecule has 0 radical (unpaired) electrons. The molecule has 1 aromatic carbocycles. The fourth-order valence-corrected chi connectivity index (χ4v) is 6.72. The zero-order valence-corrected chi connectivity index (χ0v) is 24.1. The van der Waals surface area contributed by atoms with Gasteiger partial charge < -0.3 is 14.8 Å². The van der Waals surface area contributed by atoms with Gasteiger partial charge in [0.25, 0.3) is 0 Å². The van der Waals surface area contributed by atoms with Crippen LogP contribution in [0.2, 0.25) is 0 Å². The lowest BCUT2D eigenvalue weighted by Crippen LogP contribution is -2.17. The van der Waals surface area contributed by atoms with E-state index in [0.717, 1.165) is 46.6 Å². The Morgan fingerprint density at radius 3 is 2.87 bits per heavy atom. The van der Waals surface area contributed by atoms with Crippen LogP contribution in [0.5, 0.6) is 5.75 Å². The van der Waals surface area contributed by atoms with Crippen LogP contribution in [0, 0.1) is 19.8 Å². The van der Waals surface area contributed by atoms with Gasteiger partial charge in [-0.05, 0) is 68.7 Å². The topological polar surface area (TPSA) is 95.3 Å². The molecule has 1 amide bonds. The van der Waals surface area contributed by atoms with E-state index >= 15 is 0 Å². The van der Waals surface area contributed by atoms with Gasteiger partial charge in [0, 0.05) is 11.4 Å². The first-order valence-electron chi connectivity index (χ1n) is 12.7. The number of amides is 1. The summed E-state index contributed by atoms with van der Waals surface area (Å²) in [6.07, 6.45) is 4.15. The van der Waals surface area contributed by atoms with Crippen LogP contribution in [0.3, 0.4) is 0 Å². The lowest BCUT2D eigenvalue weighted by molar-refractivity contribution is -0.113. The zero-order valence-electron chi connectivity index (χ0n) is 22.5. The lowest BCUT2D eigenvalue weighted by Gasteiger charge is -2.18. The number of carbonyl (C=O) groups is 2. The molecule has 0 saturated carbocycles. The lowest BCUT2D eigenvalue weighted by atomic mass is 9.88. The summed E-state index contributed by atoms with van der Waals surface area (Å²) in [6.45, 7) is 12.6. The number of anilines is 1. The van der Waals surface area contributed by atoms with E-state index in [1.807, 2.05) is 43.5 Å². The van der Waals surface area contributed by atoms with Crippen LogP contribution < -0.4 is 10.1 Å². The van der Waals surface area contributed by atoms with E-state index in [4.69, 9.17) is 9.47 Å². The van der Waals surface area contributed by atoms with Crippen molar-refractivity contribution in [1.82, 2.24) is 14.8 Å². The number of nitrogens with one attached hydrogen (secondary N) is 1. The second-order valence-corrected chi connectivity index (χ2v) is 11.6. The Hall–Kier alpha value is -3.11. The Morgan fingerprint density at radius 2 is 2.13 bits per heavy atom. The molecule has 2 heterocycles. The number of fused-ring (bicyclic) bond motifs is 1. The number of allylic oxidation sites excluding steroid dienone is 1. The largest absolute Gasteiger partial charge is 0.482 e. The highest BCUT2D eigenvalue weighted by molar-refractivity contribution is 7.99. The maximum absolute atomic E-state index is 13.0. The first-order valence-corrected chi connectivity index (χ1v) is 14.5. The summed E-state index contributed by atoms with van der Waals surface area (Å²) in [4.78, 5) is 26.7. The number of ether oxygens (including phenoxy) is 2. The van der Waals surface area contributed by atoms with Crippen LogP contribution in [0.1, 0.15) is 64.1 Å². The Labute approximate surface area is 231 Å². The fourth-order valence-electron chi connectivity index (χ4n) is 4.55. The molecular weight excluding hydrogens is 520 g/mol. The molecule has 0 fully saturated rings. The van der Waals surface area contributed by atoms with Crippen LogP contribution in [0.25, 0.3) is 0 Å². The Balaban J connectivity index is 1.47. The number of methoxy groups -OCH3 is 1. The number of rotatable bonds is 10. The molecule has 2 atom stereocenters. The van der Waals surface area contributed by atoms with Crippen LogP contribution in [-0.4, -0.2) is 39.5 Å². The van der Waals surface area contributed by atoms with Crippen molar-refractivity contribution in [3.05, 3.63) is 63.8 Å². The molecule has 0 saturated heterocycles. The van der Waals surface area contributed by atoms with E-state index in [0.29, 0.717) is 34.0 Å². The number of aryl methyl sites for hydroxylation is 1. The van der Waals surface area contributed by atoms with Crippen molar-refractivity contribution in [3.63, 3.8) is 0 Å². The van der Waals surface area contributed by atoms with Gasteiger partial charge in [0.15, 0.2) is 17.1 Å². The van der Waals surface area contributed by atoms with Gasteiger partial charge in [-0.2, -0.15) is 0 Å². The minimum absolute atomic E-state index is 0.112. The molecule has 0 bridgehead atoms. The SMILES string of the molecule is C=CCn1c(SCC(=O)Nc2sc3c(c2C(=O)OC)CCC(C)C3)nnc1C(C)Oc1cccc(C)c1C. The predicted molar refractivity (Wildman–Crippen MR) is 151 cm³/mol. The molecule has 1 aliphatic carbocycles. The third-order valence-electron chi connectivity index (χ3n) is 6.77. The number of hydrogen-bond donors (Lipinski definition) is 1. The molecule has 38 heavy (non-hydrogen) atoms. The summed E-state index contributed by atoms with van der Waals surface area (Å²) in [6, 6.07) is 5.96. The standard InChI is InChI=1S/C28H34N4O4S2/c1-7-13-32-25(19(5)36-21-10-8-9-17(3)18(21)4)30-31-28(32)37-15-23(33)29-26-24(27(34)35-6)20-12-11-16(2)14-22(20)38-26/h7-10,16,19H,1,11-15H2,2-6H3,(H,29,33). The van der Waals surface area contributed by atoms with Crippen molar-refractivity contribution in [2.75, 3.05) is 18.2 Å². The van der Waals surface area contributed by atoms with Gasteiger partial charge in [0.05, 0.1) is 18.4 Å². The van der Waals surface area contributed by atoms with E-state index in [9.17, 15) is 9.59 Å². The summed E-state index contributed by atoms with van der Waals surface area (Å²) < 4.78 is 13.2. The molecule has 202 valence electrons. The number of thiophene rings is 1. The van der Waals surface area contributed by atoms with Crippen LogP contribution in [-0.2, 0) is 28.9 Å². The average Bonchev–Trinajstić information content (AvgIpc) is 3.45. The average molecular weight is 555 g/mol. The third kappa shape index (κ3) is 5.96. The quantitative estimate of drug-likeness (QED) is 0.189. The number of benzene rings is 1. The Bertz CT molecular complexity index is 1350. The normalized spacial score (nSPS) is 15.4. The summed E-state index contributed by atoms with van der Waals surface area (Å²) in [7, 11) is 1.37. The van der Waals surface area contributed by atoms with Crippen molar-refractivity contribution in [2.45, 2.75) is 64.8 Å². The molecule has 8 nitrogen and oxygen atoms in total. The van der Waals surface area contributed by atoms with Gasteiger partial charge in [-0.25, -0.2) is 4.79 Å². The summed E-state index contributed by atoms with van der Waals surface area (Å²) in [5, 5.41) is 12.8. The number of aromatic nitrogens is 3. The van der Waals surface area contributed by atoms with Crippen molar-refractivity contribution in [3.8, 4) is 5.75 Å². The second kappa shape index (κ2) is 12.2. The number of hydrogen-bond acceptors (Lipinski definition) is 8.